The maximum atomic E-state index is 13.9. The first-order valence-corrected chi connectivity index (χ1v) is 7.84. The number of para-hydroxylation sites is 1. The van der Waals surface area contributed by atoms with Crippen molar-refractivity contribution in [3.63, 3.8) is 0 Å². The van der Waals surface area contributed by atoms with Crippen LogP contribution in [0.4, 0.5) is 8.78 Å². The molecule has 2 aromatic carbocycles. The Labute approximate surface area is 138 Å². The van der Waals surface area contributed by atoms with Crippen molar-refractivity contribution in [1.82, 2.24) is 9.88 Å². The number of fused-ring (bicyclic) bond motifs is 1. The van der Waals surface area contributed by atoms with Crippen molar-refractivity contribution in [1.29, 1.82) is 0 Å². The van der Waals surface area contributed by atoms with Crippen LogP contribution in [0.2, 0.25) is 0 Å². The predicted octanol–water partition coefficient (Wildman–Crippen LogP) is 3.83. The number of hydrogen-bond donors (Lipinski definition) is 1. The van der Waals surface area contributed by atoms with E-state index in [-0.39, 0.29) is 16.8 Å². The number of nitrogens with one attached hydrogen (secondary N) is 1. The summed E-state index contributed by atoms with van der Waals surface area (Å²) in [6.07, 6.45) is 0. The minimum atomic E-state index is -0.437. The summed E-state index contributed by atoms with van der Waals surface area (Å²) in [6, 6.07) is 12.3. The molecule has 3 rings (SSSR count). The monoisotopic (exact) mass is 328 g/mol. The van der Waals surface area contributed by atoms with Gasteiger partial charge >= 0.3 is 0 Å². The van der Waals surface area contributed by atoms with E-state index in [2.05, 4.69) is 9.88 Å². The molecular formula is C19H18F2N2O. The molecule has 3 aromatic rings. The van der Waals surface area contributed by atoms with Crippen molar-refractivity contribution in [2.24, 2.45) is 0 Å². The lowest BCUT2D eigenvalue weighted by atomic mass is 10.1. The van der Waals surface area contributed by atoms with Gasteiger partial charge in [0.15, 0.2) is 5.43 Å². The fourth-order valence-electron chi connectivity index (χ4n) is 2.74. The molecule has 0 unspecified atom stereocenters. The molecule has 1 N–H and O–H groups in total. The molecule has 5 heteroatoms. The van der Waals surface area contributed by atoms with E-state index in [9.17, 15) is 13.6 Å². The van der Waals surface area contributed by atoms with Crippen molar-refractivity contribution in [2.45, 2.75) is 20.0 Å². The van der Waals surface area contributed by atoms with Gasteiger partial charge in [-0.05, 0) is 36.4 Å². The van der Waals surface area contributed by atoms with Crippen LogP contribution in [0.5, 0.6) is 0 Å². The van der Waals surface area contributed by atoms with Crippen molar-refractivity contribution >= 4 is 10.9 Å². The van der Waals surface area contributed by atoms with Crippen LogP contribution < -0.4 is 5.43 Å². The molecule has 0 bridgehead atoms. The number of hydrogen-bond acceptors (Lipinski definition) is 2. The van der Waals surface area contributed by atoms with Gasteiger partial charge in [0.1, 0.15) is 11.6 Å². The lowest BCUT2D eigenvalue weighted by molar-refractivity contribution is 0.268. The lowest BCUT2D eigenvalue weighted by Crippen LogP contribution is -2.23. The summed E-state index contributed by atoms with van der Waals surface area (Å²) in [6.45, 7) is 3.85. The largest absolute Gasteiger partial charge is 0.355 e. The van der Waals surface area contributed by atoms with E-state index in [1.165, 1.54) is 30.3 Å². The second-order valence-corrected chi connectivity index (χ2v) is 5.75. The SMILES string of the molecule is CCN(Cc1ccc(F)cc1)Cc1cc(=O)c2cccc(F)c2[nH]1. The quantitative estimate of drug-likeness (QED) is 0.773. The minimum absolute atomic E-state index is 0.198. The molecule has 3 nitrogen and oxygen atoms in total. The average Bonchev–Trinajstić information content (AvgIpc) is 2.57. The van der Waals surface area contributed by atoms with Gasteiger partial charge < -0.3 is 4.98 Å². The van der Waals surface area contributed by atoms with Crippen LogP contribution in [0.1, 0.15) is 18.2 Å². The summed E-state index contributed by atoms with van der Waals surface area (Å²) in [5.74, 6) is -0.704. The molecule has 0 saturated carbocycles. The van der Waals surface area contributed by atoms with Crippen LogP contribution in [-0.4, -0.2) is 16.4 Å². The Morgan fingerprint density at radius 1 is 1.04 bits per heavy atom. The number of nitrogens with zero attached hydrogens (tertiary/aromatic N) is 1. The highest BCUT2D eigenvalue weighted by molar-refractivity contribution is 5.78. The predicted molar refractivity (Wildman–Crippen MR) is 90.7 cm³/mol. The molecule has 1 heterocycles. The molecule has 0 fully saturated rings. The second kappa shape index (κ2) is 6.93. The molecule has 0 atom stereocenters. The molecule has 0 amide bonds. The summed E-state index contributed by atoms with van der Waals surface area (Å²) in [5, 5.41) is 0.348. The summed E-state index contributed by atoms with van der Waals surface area (Å²) in [5.41, 5.74) is 1.67. The number of aromatic amines is 1. The third kappa shape index (κ3) is 3.51. The van der Waals surface area contributed by atoms with Crippen molar-refractivity contribution in [3.05, 3.63) is 81.6 Å². The molecular weight excluding hydrogens is 310 g/mol. The van der Waals surface area contributed by atoms with Gasteiger partial charge in [0.05, 0.1) is 5.52 Å². The molecule has 0 saturated heterocycles. The molecule has 0 radical (unpaired) electrons. The number of pyridine rings is 1. The highest BCUT2D eigenvalue weighted by atomic mass is 19.1. The van der Waals surface area contributed by atoms with Crippen LogP contribution in [0, 0.1) is 11.6 Å². The number of aromatic nitrogens is 1. The second-order valence-electron chi connectivity index (χ2n) is 5.75. The molecule has 0 aliphatic heterocycles. The third-order valence-electron chi connectivity index (χ3n) is 4.03. The van der Waals surface area contributed by atoms with E-state index in [0.29, 0.717) is 24.2 Å². The van der Waals surface area contributed by atoms with Gasteiger partial charge in [-0.3, -0.25) is 9.69 Å². The average molecular weight is 328 g/mol. The van der Waals surface area contributed by atoms with Gasteiger partial charge in [0.2, 0.25) is 0 Å². The van der Waals surface area contributed by atoms with Crippen LogP contribution in [-0.2, 0) is 13.1 Å². The Hall–Kier alpha value is -2.53. The highest BCUT2D eigenvalue weighted by Gasteiger charge is 2.10. The Morgan fingerprint density at radius 3 is 2.50 bits per heavy atom. The number of benzene rings is 2. The van der Waals surface area contributed by atoms with E-state index in [0.717, 1.165) is 12.1 Å². The molecule has 0 aliphatic carbocycles. The van der Waals surface area contributed by atoms with Gasteiger partial charge in [-0.2, -0.15) is 0 Å². The van der Waals surface area contributed by atoms with E-state index in [1.54, 1.807) is 18.2 Å². The van der Waals surface area contributed by atoms with E-state index in [1.807, 2.05) is 6.92 Å². The maximum absolute atomic E-state index is 13.9. The van der Waals surface area contributed by atoms with Crippen LogP contribution in [0.15, 0.2) is 53.3 Å². The van der Waals surface area contributed by atoms with Gasteiger partial charge in [0, 0.05) is 30.2 Å². The van der Waals surface area contributed by atoms with Gasteiger partial charge in [-0.1, -0.05) is 25.1 Å². The Kier molecular flexibility index (Phi) is 4.71. The molecule has 0 aliphatic rings. The number of halogens is 2. The number of H-pyrrole nitrogens is 1. The first-order chi connectivity index (χ1) is 11.6. The summed E-state index contributed by atoms with van der Waals surface area (Å²) in [7, 11) is 0. The molecule has 1 aromatic heterocycles. The smallest absolute Gasteiger partial charge is 0.189 e. The normalized spacial score (nSPS) is 11.3. The first kappa shape index (κ1) is 16.3. The Bertz CT molecular complexity index is 903. The zero-order chi connectivity index (χ0) is 17.1. The van der Waals surface area contributed by atoms with Crippen LogP contribution in [0.3, 0.4) is 0 Å². The highest BCUT2D eigenvalue weighted by Crippen LogP contribution is 2.14. The van der Waals surface area contributed by atoms with E-state index < -0.39 is 5.82 Å². The Balaban J connectivity index is 1.85. The van der Waals surface area contributed by atoms with Gasteiger partial charge in [0.25, 0.3) is 0 Å². The zero-order valence-corrected chi connectivity index (χ0v) is 13.4. The lowest BCUT2D eigenvalue weighted by Gasteiger charge is -2.20. The Morgan fingerprint density at radius 2 is 1.79 bits per heavy atom. The first-order valence-electron chi connectivity index (χ1n) is 7.84. The van der Waals surface area contributed by atoms with Gasteiger partial charge in [-0.25, -0.2) is 8.78 Å². The maximum Gasteiger partial charge on any atom is 0.189 e. The van der Waals surface area contributed by atoms with E-state index in [4.69, 9.17) is 0 Å². The fraction of sp³-hybridized carbons (Fsp3) is 0.211. The topological polar surface area (TPSA) is 36.1 Å². The molecule has 0 spiro atoms. The summed E-state index contributed by atoms with van der Waals surface area (Å²) in [4.78, 5) is 17.3. The van der Waals surface area contributed by atoms with Crippen molar-refractivity contribution < 1.29 is 8.78 Å². The molecule has 24 heavy (non-hydrogen) atoms. The minimum Gasteiger partial charge on any atom is -0.355 e. The van der Waals surface area contributed by atoms with Crippen LogP contribution >= 0.6 is 0 Å². The van der Waals surface area contributed by atoms with Crippen LogP contribution in [0.25, 0.3) is 10.9 Å². The third-order valence-corrected chi connectivity index (χ3v) is 4.03. The standard InChI is InChI=1S/C19H18F2N2O/c1-2-23(11-13-6-8-14(20)9-7-13)12-15-10-18(24)16-4-3-5-17(21)19(16)22-15/h3-10H,2,11-12H2,1H3,(H,22,24). The fourth-order valence-corrected chi connectivity index (χ4v) is 2.74. The summed E-state index contributed by atoms with van der Waals surface area (Å²) >= 11 is 0. The number of rotatable bonds is 5. The summed E-state index contributed by atoms with van der Waals surface area (Å²) < 4.78 is 26.9. The van der Waals surface area contributed by atoms with Gasteiger partial charge in [-0.15, -0.1) is 0 Å². The zero-order valence-electron chi connectivity index (χ0n) is 13.4. The van der Waals surface area contributed by atoms with E-state index >= 15 is 0 Å². The molecule has 124 valence electrons. The van der Waals surface area contributed by atoms with Crippen molar-refractivity contribution in [3.8, 4) is 0 Å². The van der Waals surface area contributed by atoms with Crippen molar-refractivity contribution in [2.75, 3.05) is 6.54 Å².